The first kappa shape index (κ1) is 13.8. The molecule has 0 unspecified atom stereocenters. The highest BCUT2D eigenvalue weighted by Gasteiger charge is 2.29. The van der Waals surface area contributed by atoms with Gasteiger partial charge in [-0.05, 0) is 26.3 Å². The lowest BCUT2D eigenvalue weighted by Gasteiger charge is -2.35. The summed E-state index contributed by atoms with van der Waals surface area (Å²) in [6.07, 6.45) is 0.976. The predicted octanol–water partition coefficient (Wildman–Crippen LogP) is 1.90. The van der Waals surface area contributed by atoms with Crippen molar-refractivity contribution in [2.75, 3.05) is 19.2 Å². The summed E-state index contributed by atoms with van der Waals surface area (Å²) in [6, 6.07) is -0.168. The van der Waals surface area contributed by atoms with Gasteiger partial charge >= 0.3 is 12.1 Å². The summed E-state index contributed by atoms with van der Waals surface area (Å²) in [5.41, 5.74) is 0.319. The zero-order valence-corrected chi connectivity index (χ0v) is 10.9. The summed E-state index contributed by atoms with van der Waals surface area (Å²) < 4.78 is 9.70. The number of carbonyl (C=O) groups excluding carboxylic acids is 2. The van der Waals surface area contributed by atoms with Gasteiger partial charge in [-0.15, -0.1) is 0 Å². The SMILES string of the molecule is CC(C)(C)OC(=O)N1CC(=CC(=O)OCCl)C1. The van der Waals surface area contributed by atoms with Crippen molar-refractivity contribution in [1.82, 2.24) is 4.90 Å². The third-order valence-corrected chi connectivity index (χ3v) is 2.07. The molecule has 0 atom stereocenters. The minimum atomic E-state index is -0.506. The van der Waals surface area contributed by atoms with Crippen LogP contribution in [-0.2, 0) is 14.3 Å². The normalized spacial score (nSPS) is 15.1. The van der Waals surface area contributed by atoms with Crippen LogP contribution < -0.4 is 0 Å². The standard InChI is InChI=1S/C11H16ClNO4/c1-11(2,3)17-10(15)13-5-8(6-13)4-9(14)16-7-12/h4H,5-7H2,1-3H3. The lowest BCUT2D eigenvalue weighted by atomic mass is 10.1. The van der Waals surface area contributed by atoms with Gasteiger partial charge in [-0.2, -0.15) is 0 Å². The molecule has 0 spiro atoms. The van der Waals surface area contributed by atoms with Crippen LogP contribution in [0.1, 0.15) is 20.8 Å². The lowest BCUT2D eigenvalue weighted by Crippen LogP contribution is -2.47. The maximum Gasteiger partial charge on any atom is 0.410 e. The van der Waals surface area contributed by atoms with E-state index >= 15 is 0 Å². The van der Waals surface area contributed by atoms with Gasteiger partial charge in [0.15, 0.2) is 6.07 Å². The zero-order chi connectivity index (χ0) is 13.1. The Morgan fingerprint density at radius 1 is 1.41 bits per heavy atom. The molecule has 1 fully saturated rings. The Kier molecular flexibility index (Phi) is 4.40. The molecule has 1 aliphatic rings. The second kappa shape index (κ2) is 5.40. The van der Waals surface area contributed by atoms with Crippen LogP contribution in [0.15, 0.2) is 11.6 Å². The van der Waals surface area contributed by atoms with Crippen LogP contribution in [0.25, 0.3) is 0 Å². The van der Waals surface area contributed by atoms with Crippen molar-refractivity contribution in [3.63, 3.8) is 0 Å². The number of alkyl halides is 1. The maximum absolute atomic E-state index is 11.5. The molecule has 1 amide bonds. The van der Waals surface area contributed by atoms with E-state index in [0.29, 0.717) is 13.1 Å². The van der Waals surface area contributed by atoms with Crippen molar-refractivity contribution in [2.45, 2.75) is 26.4 Å². The van der Waals surface area contributed by atoms with Gasteiger partial charge in [0.05, 0.1) is 0 Å². The number of rotatable bonds is 2. The first-order valence-electron chi connectivity index (χ1n) is 5.22. The molecule has 6 heteroatoms. The molecule has 0 aromatic heterocycles. The van der Waals surface area contributed by atoms with Crippen LogP contribution in [0.3, 0.4) is 0 Å². The largest absolute Gasteiger partial charge is 0.446 e. The first-order chi connectivity index (χ1) is 7.81. The minimum absolute atomic E-state index is 0.168. The summed E-state index contributed by atoms with van der Waals surface area (Å²) in [4.78, 5) is 24.1. The van der Waals surface area contributed by atoms with Gasteiger partial charge < -0.3 is 14.4 Å². The molecule has 0 aliphatic carbocycles. The molecule has 1 saturated heterocycles. The lowest BCUT2D eigenvalue weighted by molar-refractivity contribution is -0.135. The highest BCUT2D eigenvalue weighted by atomic mass is 35.5. The minimum Gasteiger partial charge on any atom is -0.446 e. The Hall–Kier alpha value is -1.23. The van der Waals surface area contributed by atoms with Crippen molar-refractivity contribution in [2.24, 2.45) is 0 Å². The fourth-order valence-corrected chi connectivity index (χ4v) is 1.36. The van der Waals surface area contributed by atoms with Gasteiger partial charge in [0.2, 0.25) is 0 Å². The smallest absolute Gasteiger partial charge is 0.410 e. The molecule has 0 aromatic rings. The summed E-state index contributed by atoms with van der Waals surface area (Å²) in [6.45, 7) is 6.20. The topological polar surface area (TPSA) is 55.8 Å². The number of likely N-dealkylation sites (tertiary alicyclic amines) is 1. The molecule has 96 valence electrons. The maximum atomic E-state index is 11.5. The van der Waals surface area contributed by atoms with Crippen LogP contribution in [-0.4, -0.2) is 41.7 Å². The average Bonchev–Trinajstić information content (AvgIpc) is 2.07. The Morgan fingerprint density at radius 2 is 2.00 bits per heavy atom. The Bertz CT molecular complexity index is 338. The second-order valence-electron chi connectivity index (χ2n) is 4.71. The Labute approximate surface area is 105 Å². The summed E-state index contributed by atoms with van der Waals surface area (Å²) in [5.74, 6) is -0.487. The van der Waals surface area contributed by atoms with Gasteiger partial charge in [-0.3, -0.25) is 0 Å². The van der Waals surface area contributed by atoms with E-state index < -0.39 is 11.6 Å². The van der Waals surface area contributed by atoms with Gasteiger partial charge in [-0.1, -0.05) is 11.6 Å². The molecule has 17 heavy (non-hydrogen) atoms. The van der Waals surface area contributed by atoms with E-state index in [-0.39, 0.29) is 12.2 Å². The molecule has 1 aliphatic heterocycles. The number of amides is 1. The van der Waals surface area contributed by atoms with Crippen LogP contribution in [0.2, 0.25) is 0 Å². The molecule has 5 nitrogen and oxygen atoms in total. The van der Waals surface area contributed by atoms with Crippen molar-refractivity contribution in [3.8, 4) is 0 Å². The third kappa shape index (κ3) is 4.65. The Morgan fingerprint density at radius 3 is 2.47 bits per heavy atom. The average molecular weight is 262 g/mol. The number of hydrogen-bond donors (Lipinski definition) is 0. The number of nitrogens with zero attached hydrogens (tertiary/aromatic N) is 1. The molecule has 0 bridgehead atoms. The predicted molar refractivity (Wildman–Crippen MR) is 62.7 cm³/mol. The quantitative estimate of drug-likeness (QED) is 0.433. The van der Waals surface area contributed by atoms with Crippen LogP contribution in [0, 0.1) is 0 Å². The Balaban J connectivity index is 2.36. The molecule has 0 aromatic carbocycles. The highest BCUT2D eigenvalue weighted by molar-refractivity contribution is 6.17. The van der Waals surface area contributed by atoms with Crippen LogP contribution in [0.4, 0.5) is 4.79 Å². The van der Waals surface area contributed by atoms with Gasteiger partial charge in [-0.25, -0.2) is 9.59 Å². The van der Waals surface area contributed by atoms with Crippen LogP contribution >= 0.6 is 11.6 Å². The second-order valence-corrected chi connectivity index (χ2v) is 4.93. The van der Waals surface area contributed by atoms with E-state index in [9.17, 15) is 9.59 Å². The van der Waals surface area contributed by atoms with Crippen LogP contribution in [0.5, 0.6) is 0 Å². The molecular formula is C11H16ClNO4. The third-order valence-electron chi connectivity index (χ3n) is 1.96. The molecule has 0 N–H and O–H groups in total. The number of halogens is 1. The fourth-order valence-electron chi connectivity index (χ4n) is 1.25. The number of hydrogen-bond acceptors (Lipinski definition) is 4. The van der Waals surface area contributed by atoms with Crippen molar-refractivity contribution in [3.05, 3.63) is 11.6 Å². The van der Waals surface area contributed by atoms with E-state index in [1.165, 1.54) is 11.0 Å². The zero-order valence-electron chi connectivity index (χ0n) is 10.2. The number of carbonyl (C=O) groups is 2. The van der Waals surface area contributed by atoms with Crippen molar-refractivity contribution in [1.29, 1.82) is 0 Å². The number of ether oxygens (including phenoxy) is 2. The van der Waals surface area contributed by atoms with Gasteiger partial charge in [0.25, 0.3) is 0 Å². The monoisotopic (exact) mass is 261 g/mol. The molecule has 1 rings (SSSR count). The molecular weight excluding hydrogens is 246 g/mol. The fraction of sp³-hybridized carbons (Fsp3) is 0.636. The van der Waals surface area contributed by atoms with Gasteiger partial charge in [0.1, 0.15) is 5.60 Å². The van der Waals surface area contributed by atoms with E-state index in [1.807, 2.05) is 0 Å². The summed E-state index contributed by atoms with van der Waals surface area (Å²) in [7, 11) is 0. The van der Waals surface area contributed by atoms with E-state index in [2.05, 4.69) is 4.74 Å². The van der Waals surface area contributed by atoms with Gasteiger partial charge in [0, 0.05) is 19.2 Å². The highest BCUT2D eigenvalue weighted by Crippen LogP contribution is 2.18. The first-order valence-corrected chi connectivity index (χ1v) is 5.75. The molecule has 0 saturated carbocycles. The summed E-state index contributed by atoms with van der Waals surface area (Å²) in [5, 5.41) is 0. The number of esters is 1. The molecule has 1 heterocycles. The van der Waals surface area contributed by atoms with E-state index in [0.717, 1.165) is 5.57 Å². The summed E-state index contributed by atoms with van der Waals surface area (Å²) >= 11 is 5.24. The van der Waals surface area contributed by atoms with Crippen molar-refractivity contribution >= 4 is 23.7 Å². The molecule has 0 radical (unpaired) electrons. The van der Waals surface area contributed by atoms with E-state index in [1.54, 1.807) is 20.8 Å². The van der Waals surface area contributed by atoms with Crippen molar-refractivity contribution < 1.29 is 19.1 Å². The van der Waals surface area contributed by atoms with E-state index in [4.69, 9.17) is 16.3 Å².